The Balaban J connectivity index is 2.08. The van der Waals surface area contributed by atoms with Crippen LogP contribution in [0.25, 0.3) is 0 Å². The van der Waals surface area contributed by atoms with E-state index in [0.717, 1.165) is 35.8 Å². The van der Waals surface area contributed by atoms with Gasteiger partial charge in [0.1, 0.15) is 5.75 Å². The van der Waals surface area contributed by atoms with Crippen LogP contribution in [0.15, 0.2) is 23.7 Å². The molecule has 0 amide bonds. The lowest BCUT2D eigenvalue weighted by Crippen LogP contribution is -2.18. The van der Waals surface area contributed by atoms with Gasteiger partial charge in [-0.2, -0.15) is 0 Å². The molecule has 20 heavy (non-hydrogen) atoms. The third-order valence-corrected chi connectivity index (χ3v) is 4.00. The van der Waals surface area contributed by atoms with E-state index in [1.807, 2.05) is 37.6 Å². The van der Waals surface area contributed by atoms with Gasteiger partial charge in [-0.05, 0) is 39.1 Å². The van der Waals surface area contributed by atoms with Gasteiger partial charge in [-0.3, -0.25) is 4.90 Å². The highest BCUT2D eigenvalue weighted by Gasteiger charge is 2.10. The van der Waals surface area contributed by atoms with Crippen LogP contribution in [0.5, 0.6) is 5.75 Å². The van der Waals surface area contributed by atoms with Gasteiger partial charge in [-0.15, -0.1) is 11.3 Å². The lowest BCUT2D eigenvalue weighted by Gasteiger charge is -2.18. The van der Waals surface area contributed by atoms with Gasteiger partial charge in [0.15, 0.2) is 0 Å². The minimum atomic E-state index is 0.661. The third-order valence-electron chi connectivity index (χ3n) is 3.08. The Kier molecular flexibility index (Phi) is 4.98. The number of nitrogens with zero attached hydrogens (tertiary/aromatic N) is 2. The monoisotopic (exact) mass is 291 g/mol. The summed E-state index contributed by atoms with van der Waals surface area (Å²) in [7, 11) is 2.10. The first kappa shape index (κ1) is 14.8. The largest absolute Gasteiger partial charge is 0.494 e. The standard InChI is InChI=1S/C15H21N3OS/c1-4-19-14-6-5-13(16)7-12(14)8-18(3)9-15-11(2)17-10-20-15/h5-7,10H,4,8-9,16H2,1-3H3. The molecule has 0 saturated carbocycles. The van der Waals surface area contributed by atoms with Gasteiger partial charge in [-0.1, -0.05) is 0 Å². The summed E-state index contributed by atoms with van der Waals surface area (Å²) in [5.74, 6) is 0.912. The molecule has 0 spiro atoms. The Morgan fingerprint density at radius 3 is 2.80 bits per heavy atom. The summed E-state index contributed by atoms with van der Waals surface area (Å²) in [6.07, 6.45) is 0. The number of thiazole rings is 1. The lowest BCUT2D eigenvalue weighted by molar-refractivity contribution is 0.299. The van der Waals surface area contributed by atoms with Gasteiger partial charge in [-0.25, -0.2) is 4.98 Å². The van der Waals surface area contributed by atoms with Crippen molar-refractivity contribution in [1.82, 2.24) is 9.88 Å². The molecule has 2 aromatic rings. The summed E-state index contributed by atoms with van der Waals surface area (Å²) in [5.41, 5.74) is 10.8. The molecule has 4 nitrogen and oxygen atoms in total. The highest BCUT2D eigenvalue weighted by molar-refractivity contribution is 7.09. The maximum absolute atomic E-state index is 5.88. The highest BCUT2D eigenvalue weighted by Crippen LogP contribution is 2.24. The van der Waals surface area contributed by atoms with Crippen LogP contribution in [0.2, 0.25) is 0 Å². The molecule has 0 atom stereocenters. The summed E-state index contributed by atoms with van der Waals surface area (Å²) in [6, 6.07) is 5.81. The fourth-order valence-electron chi connectivity index (χ4n) is 2.09. The minimum Gasteiger partial charge on any atom is -0.494 e. The van der Waals surface area contributed by atoms with E-state index in [1.165, 1.54) is 4.88 Å². The van der Waals surface area contributed by atoms with Crippen LogP contribution in [0.1, 0.15) is 23.1 Å². The predicted octanol–water partition coefficient (Wildman–Crippen LogP) is 3.06. The number of benzene rings is 1. The van der Waals surface area contributed by atoms with Gasteiger partial charge >= 0.3 is 0 Å². The van der Waals surface area contributed by atoms with Crippen LogP contribution < -0.4 is 10.5 Å². The first-order chi connectivity index (χ1) is 9.60. The molecule has 2 N–H and O–H groups in total. The molecule has 108 valence electrons. The second-order valence-electron chi connectivity index (χ2n) is 4.83. The smallest absolute Gasteiger partial charge is 0.123 e. The molecular weight excluding hydrogens is 270 g/mol. The zero-order chi connectivity index (χ0) is 14.5. The van der Waals surface area contributed by atoms with Crippen molar-refractivity contribution in [3.05, 3.63) is 39.8 Å². The van der Waals surface area contributed by atoms with Gasteiger partial charge < -0.3 is 10.5 Å². The lowest BCUT2D eigenvalue weighted by atomic mass is 10.1. The van der Waals surface area contributed by atoms with E-state index in [0.29, 0.717) is 6.61 Å². The second kappa shape index (κ2) is 6.72. The van der Waals surface area contributed by atoms with Crippen molar-refractivity contribution in [2.45, 2.75) is 26.9 Å². The molecule has 0 aliphatic heterocycles. The number of aryl methyl sites for hydroxylation is 1. The van der Waals surface area contributed by atoms with E-state index in [-0.39, 0.29) is 0 Å². The van der Waals surface area contributed by atoms with Crippen molar-refractivity contribution in [1.29, 1.82) is 0 Å². The Morgan fingerprint density at radius 1 is 1.35 bits per heavy atom. The van der Waals surface area contributed by atoms with Gasteiger partial charge in [0.25, 0.3) is 0 Å². The van der Waals surface area contributed by atoms with Gasteiger partial charge in [0.2, 0.25) is 0 Å². The van der Waals surface area contributed by atoms with E-state index in [1.54, 1.807) is 11.3 Å². The SMILES string of the molecule is CCOc1ccc(N)cc1CN(C)Cc1scnc1C. The normalized spacial score (nSPS) is 11.0. The summed E-state index contributed by atoms with van der Waals surface area (Å²) in [6.45, 7) is 6.39. The zero-order valence-electron chi connectivity index (χ0n) is 12.2. The van der Waals surface area contributed by atoms with Crippen LogP contribution in [-0.4, -0.2) is 23.5 Å². The number of ether oxygens (including phenoxy) is 1. The number of anilines is 1. The van der Waals surface area contributed by atoms with Crippen molar-refractivity contribution in [2.24, 2.45) is 0 Å². The quantitative estimate of drug-likeness (QED) is 0.831. The van der Waals surface area contributed by atoms with Crippen LogP contribution in [0, 0.1) is 6.92 Å². The van der Waals surface area contributed by atoms with Crippen LogP contribution in [-0.2, 0) is 13.1 Å². The first-order valence-corrected chi connectivity index (χ1v) is 7.56. The fourth-order valence-corrected chi connectivity index (χ4v) is 2.95. The number of nitrogen functional groups attached to an aromatic ring is 1. The number of nitrogens with two attached hydrogens (primary N) is 1. The average molecular weight is 291 g/mol. The molecule has 1 heterocycles. The topological polar surface area (TPSA) is 51.4 Å². The number of hydrogen-bond acceptors (Lipinski definition) is 5. The number of hydrogen-bond donors (Lipinski definition) is 1. The molecule has 0 radical (unpaired) electrons. The molecule has 1 aromatic heterocycles. The van der Waals surface area contributed by atoms with E-state index in [4.69, 9.17) is 10.5 Å². The van der Waals surface area contributed by atoms with Crippen molar-refractivity contribution in [3.8, 4) is 5.75 Å². The molecule has 0 bridgehead atoms. The average Bonchev–Trinajstić information content (AvgIpc) is 2.78. The minimum absolute atomic E-state index is 0.661. The van der Waals surface area contributed by atoms with Crippen molar-refractivity contribution >= 4 is 17.0 Å². The molecule has 0 aliphatic rings. The van der Waals surface area contributed by atoms with Crippen LogP contribution >= 0.6 is 11.3 Å². The van der Waals surface area contributed by atoms with E-state index < -0.39 is 0 Å². The molecule has 1 aromatic carbocycles. The molecule has 0 saturated heterocycles. The maximum Gasteiger partial charge on any atom is 0.123 e. The summed E-state index contributed by atoms with van der Waals surface area (Å²) in [5, 5.41) is 0. The summed E-state index contributed by atoms with van der Waals surface area (Å²) >= 11 is 1.70. The highest BCUT2D eigenvalue weighted by atomic mass is 32.1. The molecule has 2 rings (SSSR count). The molecule has 0 unspecified atom stereocenters. The van der Waals surface area contributed by atoms with Crippen LogP contribution in [0.4, 0.5) is 5.69 Å². The first-order valence-electron chi connectivity index (χ1n) is 6.69. The van der Waals surface area contributed by atoms with E-state index >= 15 is 0 Å². The van der Waals surface area contributed by atoms with Gasteiger partial charge in [0, 0.05) is 29.2 Å². The summed E-state index contributed by atoms with van der Waals surface area (Å²) in [4.78, 5) is 7.83. The predicted molar refractivity (Wildman–Crippen MR) is 84.0 cm³/mol. The van der Waals surface area contributed by atoms with Crippen molar-refractivity contribution < 1.29 is 4.74 Å². The van der Waals surface area contributed by atoms with E-state index in [9.17, 15) is 0 Å². The number of aromatic nitrogens is 1. The van der Waals surface area contributed by atoms with Gasteiger partial charge in [0.05, 0.1) is 17.8 Å². The maximum atomic E-state index is 5.88. The van der Waals surface area contributed by atoms with Crippen molar-refractivity contribution in [2.75, 3.05) is 19.4 Å². The Labute approximate surface area is 124 Å². The number of rotatable bonds is 6. The summed E-state index contributed by atoms with van der Waals surface area (Å²) < 4.78 is 5.66. The molecular formula is C15H21N3OS. The third kappa shape index (κ3) is 3.71. The molecule has 0 fully saturated rings. The second-order valence-corrected chi connectivity index (χ2v) is 5.77. The fraction of sp³-hybridized carbons (Fsp3) is 0.400. The Hall–Kier alpha value is -1.59. The zero-order valence-corrected chi connectivity index (χ0v) is 13.0. The Morgan fingerprint density at radius 2 is 2.15 bits per heavy atom. The van der Waals surface area contributed by atoms with Crippen molar-refractivity contribution in [3.63, 3.8) is 0 Å². The molecule has 0 aliphatic carbocycles. The Bertz CT molecular complexity index is 568. The van der Waals surface area contributed by atoms with E-state index in [2.05, 4.69) is 16.9 Å². The van der Waals surface area contributed by atoms with Crippen LogP contribution in [0.3, 0.4) is 0 Å². The molecule has 5 heteroatoms.